The van der Waals surface area contributed by atoms with Gasteiger partial charge in [0, 0.05) is 15.5 Å². The van der Waals surface area contributed by atoms with Gasteiger partial charge in [0.05, 0.1) is 5.56 Å². The number of thiazole rings is 1. The number of hydrogen-bond acceptors (Lipinski definition) is 3. The molecule has 0 radical (unpaired) electrons. The van der Waals surface area contributed by atoms with E-state index < -0.39 is 11.7 Å². The number of aryl methyl sites for hydroxylation is 1. The van der Waals surface area contributed by atoms with Crippen LogP contribution in [0.2, 0.25) is 0 Å². The van der Waals surface area contributed by atoms with Crippen molar-refractivity contribution < 1.29 is 9.18 Å². The lowest BCUT2D eigenvalue weighted by atomic mass is 10.2. The van der Waals surface area contributed by atoms with Crippen LogP contribution in [0.5, 0.6) is 0 Å². The lowest BCUT2D eigenvalue weighted by molar-refractivity contribution is 0.102. The molecule has 1 amide bonds. The van der Waals surface area contributed by atoms with E-state index in [0.29, 0.717) is 9.60 Å². The summed E-state index contributed by atoms with van der Waals surface area (Å²) in [6, 6.07) is 4.22. The van der Waals surface area contributed by atoms with Crippen molar-refractivity contribution in [2.24, 2.45) is 0 Å². The zero-order valence-corrected chi connectivity index (χ0v) is 11.2. The second-order valence-corrected chi connectivity index (χ2v) is 5.50. The van der Waals surface area contributed by atoms with Gasteiger partial charge in [-0.25, -0.2) is 9.37 Å². The largest absolute Gasteiger partial charge is 0.298 e. The topological polar surface area (TPSA) is 42.0 Å². The Morgan fingerprint density at radius 3 is 2.94 bits per heavy atom. The third-order valence-electron chi connectivity index (χ3n) is 2.01. The summed E-state index contributed by atoms with van der Waals surface area (Å²) in [6.45, 7) is 1.88. The molecule has 3 nitrogen and oxygen atoms in total. The number of nitrogens with one attached hydrogen (secondary N) is 1. The predicted molar refractivity (Wildman–Crippen MR) is 68.9 cm³/mol. The van der Waals surface area contributed by atoms with E-state index in [0.717, 1.165) is 4.88 Å². The highest BCUT2D eigenvalue weighted by molar-refractivity contribution is 9.10. The van der Waals surface area contributed by atoms with Crippen LogP contribution in [0.4, 0.5) is 9.52 Å². The summed E-state index contributed by atoms with van der Waals surface area (Å²) in [5, 5.41) is 3.02. The van der Waals surface area contributed by atoms with Gasteiger partial charge in [-0.1, -0.05) is 15.9 Å². The molecule has 0 atom stereocenters. The Morgan fingerprint density at radius 1 is 1.53 bits per heavy atom. The maximum absolute atomic E-state index is 13.4. The smallest absolute Gasteiger partial charge is 0.260 e. The van der Waals surface area contributed by atoms with Gasteiger partial charge in [-0.15, -0.1) is 11.3 Å². The van der Waals surface area contributed by atoms with E-state index in [1.807, 2.05) is 6.92 Å². The van der Waals surface area contributed by atoms with Gasteiger partial charge < -0.3 is 0 Å². The zero-order chi connectivity index (χ0) is 12.4. The summed E-state index contributed by atoms with van der Waals surface area (Å²) in [5.41, 5.74) is -0.00720. The molecule has 1 heterocycles. The number of carbonyl (C=O) groups excluding carboxylic acids is 1. The van der Waals surface area contributed by atoms with Crippen LogP contribution in [0.15, 0.2) is 28.9 Å². The molecule has 0 fully saturated rings. The predicted octanol–water partition coefficient (Wildman–Crippen LogP) is 3.61. The number of amides is 1. The van der Waals surface area contributed by atoms with E-state index in [-0.39, 0.29) is 5.56 Å². The minimum Gasteiger partial charge on any atom is -0.298 e. The SMILES string of the molecule is Cc1cnc(NC(=O)c2cc(Br)ccc2F)s1. The number of aromatic nitrogens is 1. The molecule has 0 saturated carbocycles. The molecule has 0 aliphatic rings. The molecule has 0 bridgehead atoms. The molecule has 1 N–H and O–H groups in total. The minimum absolute atomic E-state index is 0.00720. The molecule has 2 rings (SSSR count). The Morgan fingerprint density at radius 2 is 2.29 bits per heavy atom. The van der Waals surface area contributed by atoms with Crippen molar-refractivity contribution in [2.45, 2.75) is 6.92 Å². The summed E-state index contributed by atoms with van der Waals surface area (Å²) in [7, 11) is 0. The molecule has 1 aromatic heterocycles. The van der Waals surface area contributed by atoms with E-state index in [1.54, 1.807) is 12.3 Å². The Bertz CT molecular complexity index is 570. The third-order valence-corrected chi connectivity index (χ3v) is 3.34. The van der Waals surface area contributed by atoms with Gasteiger partial charge in [0.2, 0.25) is 0 Å². The first-order valence-electron chi connectivity index (χ1n) is 4.75. The Kier molecular flexibility index (Phi) is 3.54. The number of rotatable bonds is 2. The van der Waals surface area contributed by atoms with Crippen molar-refractivity contribution in [3.63, 3.8) is 0 Å². The monoisotopic (exact) mass is 314 g/mol. The van der Waals surface area contributed by atoms with Crippen LogP contribution in [0.25, 0.3) is 0 Å². The van der Waals surface area contributed by atoms with Crippen LogP contribution >= 0.6 is 27.3 Å². The van der Waals surface area contributed by atoms with Crippen LogP contribution in [-0.2, 0) is 0 Å². The number of halogens is 2. The lowest BCUT2D eigenvalue weighted by Crippen LogP contribution is -2.13. The molecule has 0 aliphatic heterocycles. The van der Waals surface area contributed by atoms with Crippen LogP contribution in [0.1, 0.15) is 15.2 Å². The van der Waals surface area contributed by atoms with Gasteiger partial charge in [-0.05, 0) is 25.1 Å². The van der Waals surface area contributed by atoms with Gasteiger partial charge in [-0.3, -0.25) is 10.1 Å². The van der Waals surface area contributed by atoms with Gasteiger partial charge in [-0.2, -0.15) is 0 Å². The maximum Gasteiger partial charge on any atom is 0.260 e. The van der Waals surface area contributed by atoms with Crippen LogP contribution in [0, 0.1) is 12.7 Å². The average molecular weight is 315 g/mol. The van der Waals surface area contributed by atoms with Crippen molar-refractivity contribution in [1.82, 2.24) is 4.98 Å². The summed E-state index contributed by atoms with van der Waals surface area (Å²) >= 11 is 4.54. The van der Waals surface area contributed by atoms with E-state index in [1.165, 1.54) is 23.5 Å². The Labute approximate surface area is 110 Å². The molecule has 0 saturated heterocycles. The van der Waals surface area contributed by atoms with Crippen molar-refractivity contribution in [2.75, 3.05) is 5.32 Å². The molecular formula is C11H8BrFN2OS. The quantitative estimate of drug-likeness (QED) is 0.920. The summed E-state index contributed by atoms with van der Waals surface area (Å²) in [4.78, 5) is 16.8. The number of nitrogens with zero attached hydrogens (tertiary/aromatic N) is 1. The van der Waals surface area contributed by atoms with E-state index in [2.05, 4.69) is 26.2 Å². The van der Waals surface area contributed by atoms with E-state index in [9.17, 15) is 9.18 Å². The fourth-order valence-electron chi connectivity index (χ4n) is 1.25. The Hall–Kier alpha value is -1.27. The first-order valence-corrected chi connectivity index (χ1v) is 6.36. The van der Waals surface area contributed by atoms with Crippen LogP contribution in [0.3, 0.4) is 0 Å². The summed E-state index contributed by atoms with van der Waals surface area (Å²) in [5.74, 6) is -1.06. The van der Waals surface area contributed by atoms with Gasteiger partial charge in [0.25, 0.3) is 5.91 Å². The van der Waals surface area contributed by atoms with E-state index in [4.69, 9.17) is 0 Å². The highest BCUT2D eigenvalue weighted by atomic mass is 79.9. The van der Waals surface area contributed by atoms with Gasteiger partial charge >= 0.3 is 0 Å². The molecule has 6 heteroatoms. The van der Waals surface area contributed by atoms with E-state index >= 15 is 0 Å². The molecule has 0 spiro atoms. The van der Waals surface area contributed by atoms with Crippen LogP contribution in [-0.4, -0.2) is 10.9 Å². The minimum atomic E-state index is -0.557. The van der Waals surface area contributed by atoms with Crippen molar-refractivity contribution in [3.05, 3.63) is 45.1 Å². The van der Waals surface area contributed by atoms with Crippen molar-refractivity contribution in [1.29, 1.82) is 0 Å². The van der Waals surface area contributed by atoms with Crippen LogP contribution < -0.4 is 5.32 Å². The normalized spacial score (nSPS) is 10.3. The second kappa shape index (κ2) is 4.93. The number of anilines is 1. The maximum atomic E-state index is 13.4. The molecule has 88 valence electrons. The first kappa shape index (κ1) is 12.2. The number of hydrogen-bond donors (Lipinski definition) is 1. The zero-order valence-electron chi connectivity index (χ0n) is 8.83. The van der Waals surface area contributed by atoms with Crippen molar-refractivity contribution in [3.8, 4) is 0 Å². The summed E-state index contributed by atoms with van der Waals surface area (Å²) < 4.78 is 14.1. The fraction of sp³-hybridized carbons (Fsp3) is 0.0909. The molecule has 0 unspecified atom stereocenters. The van der Waals surface area contributed by atoms with Gasteiger partial charge in [0.15, 0.2) is 5.13 Å². The third kappa shape index (κ3) is 2.89. The summed E-state index contributed by atoms with van der Waals surface area (Å²) in [6.07, 6.45) is 1.65. The molecule has 1 aromatic carbocycles. The lowest BCUT2D eigenvalue weighted by Gasteiger charge is -2.03. The second-order valence-electron chi connectivity index (χ2n) is 3.35. The first-order chi connectivity index (χ1) is 8.06. The Balaban J connectivity index is 2.22. The highest BCUT2D eigenvalue weighted by Crippen LogP contribution is 2.20. The van der Waals surface area contributed by atoms with Gasteiger partial charge in [0.1, 0.15) is 5.82 Å². The fourth-order valence-corrected chi connectivity index (χ4v) is 2.27. The molecular weight excluding hydrogens is 307 g/mol. The standard InChI is InChI=1S/C11H8BrFN2OS/c1-6-5-14-11(17-6)15-10(16)8-4-7(12)2-3-9(8)13/h2-5H,1H3,(H,14,15,16). The highest BCUT2D eigenvalue weighted by Gasteiger charge is 2.13. The molecule has 2 aromatic rings. The van der Waals surface area contributed by atoms with Crippen molar-refractivity contribution >= 4 is 38.3 Å². The molecule has 17 heavy (non-hydrogen) atoms. The number of benzene rings is 1. The average Bonchev–Trinajstić information content (AvgIpc) is 2.67. The number of carbonyl (C=O) groups is 1. The molecule has 0 aliphatic carbocycles.